The molecule has 0 saturated heterocycles. The highest BCUT2D eigenvalue weighted by molar-refractivity contribution is 7.79. The third kappa shape index (κ3) is 6.14. The molecule has 2 N–H and O–H groups in total. The lowest BCUT2D eigenvalue weighted by molar-refractivity contribution is 0.0952. The lowest BCUT2D eigenvalue weighted by atomic mass is 10.1. The van der Waals surface area contributed by atoms with E-state index in [-0.39, 0.29) is 11.8 Å². The van der Waals surface area contributed by atoms with Gasteiger partial charge in [-0.25, -0.2) is 0 Å². The summed E-state index contributed by atoms with van der Waals surface area (Å²) in [6.07, 6.45) is 0.668. The van der Waals surface area contributed by atoms with Crippen LogP contribution in [-0.4, -0.2) is 24.9 Å². The van der Waals surface area contributed by atoms with Crippen molar-refractivity contribution in [3.63, 3.8) is 0 Å². The van der Waals surface area contributed by atoms with Crippen LogP contribution >= 0.6 is 25.3 Å². The maximum absolute atomic E-state index is 12.0. The molecule has 132 valence electrons. The molecule has 0 unspecified atom stereocenters. The van der Waals surface area contributed by atoms with Crippen LogP contribution in [-0.2, 0) is 11.5 Å². The van der Waals surface area contributed by atoms with E-state index in [0.717, 1.165) is 11.1 Å². The summed E-state index contributed by atoms with van der Waals surface area (Å²) in [4.78, 5) is 24.0. The Balaban J connectivity index is 1.68. The largest absolute Gasteiger partial charge is 0.352 e. The average Bonchev–Trinajstić information content (AvgIpc) is 2.67. The summed E-state index contributed by atoms with van der Waals surface area (Å²) in [7, 11) is 0. The summed E-state index contributed by atoms with van der Waals surface area (Å²) < 4.78 is 0. The van der Waals surface area contributed by atoms with Gasteiger partial charge in [0, 0.05) is 35.7 Å². The number of carbonyl (C=O) groups excluding carboxylic acids is 2. The first-order chi connectivity index (χ1) is 12.1. The summed E-state index contributed by atoms with van der Waals surface area (Å²) in [6, 6.07) is 14.7. The van der Waals surface area contributed by atoms with E-state index in [1.807, 2.05) is 24.3 Å². The molecule has 4 nitrogen and oxygen atoms in total. The Kier molecular flexibility index (Phi) is 7.88. The molecule has 0 saturated carbocycles. The molecule has 0 atom stereocenters. The van der Waals surface area contributed by atoms with Crippen LogP contribution in [0.1, 0.15) is 38.3 Å². The minimum absolute atomic E-state index is 0.112. The molecule has 2 amide bonds. The van der Waals surface area contributed by atoms with Gasteiger partial charge in [0.1, 0.15) is 0 Å². The van der Waals surface area contributed by atoms with Crippen molar-refractivity contribution >= 4 is 37.1 Å². The summed E-state index contributed by atoms with van der Waals surface area (Å²) in [5, 5.41) is 5.69. The Morgan fingerprint density at radius 3 is 1.36 bits per heavy atom. The van der Waals surface area contributed by atoms with E-state index in [1.54, 1.807) is 24.3 Å². The van der Waals surface area contributed by atoms with E-state index in [4.69, 9.17) is 0 Å². The fraction of sp³-hybridized carbons (Fsp3) is 0.263. The second-order valence-electron chi connectivity index (χ2n) is 5.58. The zero-order chi connectivity index (χ0) is 18.1. The molecule has 0 aliphatic rings. The predicted molar refractivity (Wildman–Crippen MR) is 108 cm³/mol. The molecule has 0 aliphatic heterocycles. The molecule has 0 aliphatic carbocycles. The van der Waals surface area contributed by atoms with Gasteiger partial charge < -0.3 is 10.6 Å². The van der Waals surface area contributed by atoms with Crippen molar-refractivity contribution in [3.05, 3.63) is 70.8 Å². The Morgan fingerprint density at radius 2 is 1.04 bits per heavy atom. The number of benzene rings is 2. The molecule has 2 aromatic carbocycles. The Bertz CT molecular complexity index is 639. The molecule has 0 radical (unpaired) electrons. The number of hydrogen-bond acceptors (Lipinski definition) is 4. The number of thiol groups is 2. The molecular weight excluding hydrogens is 352 g/mol. The maximum Gasteiger partial charge on any atom is 0.251 e. The minimum atomic E-state index is -0.112. The number of amides is 2. The van der Waals surface area contributed by atoms with Gasteiger partial charge in [0.2, 0.25) is 0 Å². The molecule has 6 heteroatoms. The Hall–Kier alpha value is -1.92. The highest BCUT2D eigenvalue weighted by Gasteiger charge is 2.06. The van der Waals surface area contributed by atoms with Crippen molar-refractivity contribution in [1.29, 1.82) is 0 Å². The Labute approximate surface area is 159 Å². The maximum atomic E-state index is 12.0. The van der Waals surface area contributed by atoms with Gasteiger partial charge in [-0.2, -0.15) is 25.3 Å². The normalized spacial score (nSPS) is 10.3. The van der Waals surface area contributed by atoms with E-state index >= 15 is 0 Å². The van der Waals surface area contributed by atoms with Crippen molar-refractivity contribution < 1.29 is 9.59 Å². The van der Waals surface area contributed by atoms with E-state index < -0.39 is 0 Å². The minimum Gasteiger partial charge on any atom is -0.352 e. The summed E-state index contributed by atoms with van der Waals surface area (Å²) in [5.74, 6) is 1.08. The smallest absolute Gasteiger partial charge is 0.251 e. The fourth-order valence-corrected chi connectivity index (χ4v) is 2.64. The first-order valence-corrected chi connectivity index (χ1v) is 9.36. The third-order valence-electron chi connectivity index (χ3n) is 3.72. The fourth-order valence-electron chi connectivity index (χ4n) is 2.22. The van der Waals surface area contributed by atoms with Crippen molar-refractivity contribution in [2.45, 2.75) is 17.9 Å². The van der Waals surface area contributed by atoms with Crippen LogP contribution < -0.4 is 10.6 Å². The van der Waals surface area contributed by atoms with Gasteiger partial charge in [0.25, 0.3) is 11.8 Å². The van der Waals surface area contributed by atoms with Crippen LogP contribution in [0, 0.1) is 0 Å². The summed E-state index contributed by atoms with van der Waals surface area (Å²) in [6.45, 7) is 1.01. The highest BCUT2D eigenvalue weighted by Crippen LogP contribution is 2.07. The van der Waals surface area contributed by atoms with Crippen molar-refractivity contribution in [3.8, 4) is 0 Å². The van der Waals surface area contributed by atoms with Crippen molar-refractivity contribution in [1.82, 2.24) is 10.6 Å². The van der Waals surface area contributed by atoms with Gasteiger partial charge in [-0.1, -0.05) is 24.3 Å². The Morgan fingerprint density at radius 1 is 0.680 bits per heavy atom. The second-order valence-corrected chi connectivity index (χ2v) is 6.21. The lowest BCUT2D eigenvalue weighted by Gasteiger charge is -2.08. The quantitative estimate of drug-likeness (QED) is 0.424. The predicted octanol–water partition coefficient (Wildman–Crippen LogP) is 3.10. The molecule has 0 heterocycles. The SMILES string of the molecule is O=C(NCCCNC(=O)c1ccc(CS)cc1)c1ccc(CS)cc1. The molecule has 0 fully saturated rings. The number of hydrogen-bond donors (Lipinski definition) is 4. The van der Waals surface area contributed by atoms with E-state index in [1.165, 1.54) is 0 Å². The van der Waals surface area contributed by atoms with Crippen molar-refractivity contribution in [2.24, 2.45) is 0 Å². The van der Waals surface area contributed by atoms with Gasteiger partial charge in [0.15, 0.2) is 0 Å². The van der Waals surface area contributed by atoms with E-state index in [0.29, 0.717) is 42.1 Å². The molecule has 25 heavy (non-hydrogen) atoms. The number of carbonyl (C=O) groups is 2. The topological polar surface area (TPSA) is 58.2 Å². The summed E-state index contributed by atoms with van der Waals surface area (Å²) >= 11 is 8.38. The van der Waals surface area contributed by atoms with Crippen LogP contribution in [0.4, 0.5) is 0 Å². The summed E-state index contributed by atoms with van der Waals surface area (Å²) in [5.41, 5.74) is 3.40. The molecular formula is C19H22N2O2S2. The van der Waals surface area contributed by atoms with Crippen molar-refractivity contribution in [2.75, 3.05) is 13.1 Å². The number of rotatable bonds is 8. The van der Waals surface area contributed by atoms with Crippen LogP contribution in [0.25, 0.3) is 0 Å². The van der Waals surface area contributed by atoms with Gasteiger partial charge >= 0.3 is 0 Å². The van der Waals surface area contributed by atoms with E-state index in [2.05, 4.69) is 35.9 Å². The van der Waals surface area contributed by atoms with Gasteiger partial charge in [-0.3, -0.25) is 9.59 Å². The van der Waals surface area contributed by atoms with E-state index in [9.17, 15) is 9.59 Å². The van der Waals surface area contributed by atoms with Crippen LogP contribution in [0.5, 0.6) is 0 Å². The highest BCUT2D eigenvalue weighted by atomic mass is 32.1. The standard InChI is InChI=1S/C19H22N2O2S2/c22-18(16-6-2-14(12-24)3-7-16)20-10-1-11-21-19(23)17-8-4-15(13-25)5-9-17/h2-9,24-25H,1,10-13H2,(H,20,22)(H,21,23). The van der Waals surface area contributed by atoms with Gasteiger partial charge in [-0.15, -0.1) is 0 Å². The number of nitrogens with one attached hydrogen (secondary N) is 2. The first-order valence-electron chi connectivity index (χ1n) is 8.10. The van der Waals surface area contributed by atoms with Crippen LogP contribution in [0.2, 0.25) is 0 Å². The monoisotopic (exact) mass is 374 g/mol. The van der Waals surface area contributed by atoms with Crippen LogP contribution in [0.3, 0.4) is 0 Å². The zero-order valence-corrected chi connectivity index (χ0v) is 15.7. The third-order valence-corrected chi connectivity index (χ3v) is 4.45. The lowest BCUT2D eigenvalue weighted by Crippen LogP contribution is -2.29. The van der Waals surface area contributed by atoms with Crippen LogP contribution in [0.15, 0.2) is 48.5 Å². The zero-order valence-electron chi connectivity index (χ0n) is 13.9. The second kappa shape index (κ2) is 10.2. The van der Waals surface area contributed by atoms with Gasteiger partial charge in [-0.05, 0) is 41.8 Å². The first kappa shape index (κ1) is 19.4. The molecule has 2 rings (SSSR count). The molecule has 0 aromatic heterocycles. The molecule has 0 spiro atoms. The molecule has 2 aromatic rings. The van der Waals surface area contributed by atoms with Gasteiger partial charge in [0.05, 0.1) is 0 Å². The molecule has 0 bridgehead atoms. The average molecular weight is 375 g/mol.